The van der Waals surface area contributed by atoms with E-state index in [-0.39, 0.29) is 18.4 Å². The van der Waals surface area contributed by atoms with Crippen molar-refractivity contribution in [3.63, 3.8) is 0 Å². The molecule has 24 heavy (non-hydrogen) atoms. The lowest BCUT2D eigenvalue weighted by molar-refractivity contribution is -0.121. The average Bonchev–Trinajstić information content (AvgIpc) is 3.05. The minimum Gasteiger partial charge on any atom is -0.379 e. The minimum atomic E-state index is -3.46. The van der Waals surface area contributed by atoms with Gasteiger partial charge in [0.05, 0.1) is 19.6 Å². The van der Waals surface area contributed by atoms with Crippen LogP contribution in [0.25, 0.3) is 0 Å². The molecular weight excluding hydrogens is 348 g/mol. The minimum absolute atomic E-state index is 0.0147. The second-order valence-corrected chi connectivity index (χ2v) is 9.65. The molecule has 1 aliphatic heterocycles. The van der Waals surface area contributed by atoms with Crippen molar-refractivity contribution in [2.45, 2.75) is 48.8 Å². The molecule has 2 fully saturated rings. The van der Waals surface area contributed by atoms with Gasteiger partial charge in [-0.15, -0.1) is 11.3 Å². The Hall–Kier alpha value is -0.960. The third kappa shape index (κ3) is 4.36. The van der Waals surface area contributed by atoms with Crippen LogP contribution in [0.2, 0.25) is 0 Å². The van der Waals surface area contributed by atoms with Gasteiger partial charge in [-0.25, -0.2) is 8.42 Å². The molecule has 8 heteroatoms. The van der Waals surface area contributed by atoms with E-state index in [1.54, 1.807) is 12.1 Å². The maximum absolute atomic E-state index is 12.6. The molecule has 0 bridgehead atoms. The molecule has 1 amide bonds. The van der Waals surface area contributed by atoms with Gasteiger partial charge in [0.15, 0.2) is 0 Å². The lowest BCUT2D eigenvalue weighted by atomic mass is 9.95. The number of morpholine rings is 1. The Morgan fingerprint density at radius 2 is 1.92 bits per heavy atom. The number of nitrogens with one attached hydrogen (secondary N) is 1. The smallest absolute Gasteiger partial charge is 0.252 e. The fraction of sp³-hybridized carbons (Fsp3) is 0.688. The molecule has 6 nitrogen and oxygen atoms in total. The van der Waals surface area contributed by atoms with Gasteiger partial charge in [0, 0.05) is 24.0 Å². The van der Waals surface area contributed by atoms with E-state index in [1.807, 2.05) is 0 Å². The van der Waals surface area contributed by atoms with Crippen LogP contribution < -0.4 is 5.32 Å². The van der Waals surface area contributed by atoms with Crippen molar-refractivity contribution in [3.05, 3.63) is 17.0 Å². The molecule has 0 aromatic carbocycles. The molecule has 1 aromatic heterocycles. The summed E-state index contributed by atoms with van der Waals surface area (Å²) < 4.78 is 32.1. The zero-order valence-corrected chi connectivity index (χ0v) is 15.3. The SMILES string of the molecule is O=C(Cc1ccc(S(=O)(=O)N2CCOCC2)s1)NC1CCCCC1. The van der Waals surface area contributed by atoms with E-state index < -0.39 is 10.0 Å². The highest BCUT2D eigenvalue weighted by molar-refractivity contribution is 7.91. The number of sulfonamides is 1. The Labute approximate surface area is 147 Å². The predicted octanol–water partition coefficient (Wildman–Crippen LogP) is 1.76. The standard InChI is InChI=1S/C16H24N2O4S2/c19-15(17-13-4-2-1-3-5-13)12-14-6-7-16(23-14)24(20,21)18-8-10-22-11-9-18/h6-7,13H,1-5,8-12H2,(H,17,19). The van der Waals surface area contributed by atoms with Gasteiger partial charge in [0.1, 0.15) is 4.21 Å². The largest absolute Gasteiger partial charge is 0.379 e. The first kappa shape index (κ1) is 17.8. The van der Waals surface area contributed by atoms with E-state index in [1.165, 1.54) is 34.9 Å². The summed E-state index contributed by atoms with van der Waals surface area (Å²) in [5.74, 6) is -0.0147. The Morgan fingerprint density at radius 1 is 1.21 bits per heavy atom. The molecule has 1 saturated heterocycles. The van der Waals surface area contributed by atoms with E-state index in [0.717, 1.165) is 17.7 Å². The van der Waals surface area contributed by atoms with Crippen LogP contribution in [0.15, 0.2) is 16.3 Å². The highest BCUT2D eigenvalue weighted by atomic mass is 32.2. The number of ether oxygens (including phenoxy) is 1. The Bertz CT molecular complexity index is 659. The van der Waals surface area contributed by atoms with Crippen molar-refractivity contribution in [1.82, 2.24) is 9.62 Å². The van der Waals surface area contributed by atoms with E-state index in [4.69, 9.17) is 4.74 Å². The number of carbonyl (C=O) groups is 1. The summed E-state index contributed by atoms with van der Waals surface area (Å²) in [6, 6.07) is 3.64. The predicted molar refractivity (Wildman–Crippen MR) is 92.6 cm³/mol. The van der Waals surface area contributed by atoms with Crippen LogP contribution in [0.3, 0.4) is 0 Å². The molecule has 3 rings (SSSR count). The quantitative estimate of drug-likeness (QED) is 0.855. The average molecular weight is 373 g/mol. The fourth-order valence-electron chi connectivity index (χ4n) is 3.19. The number of carbonyl (C=O) groups excluding carboxylic acids is 1. The summed E-state index contributed by atoms with van der Waals surface area (Å²) in [5.41, 5.74) is 0. The summed E-state index contributed by atoms with van der Waals surface area (Å²) in [5, 5.41) is 3.07. The zero-order chi connectivity index (χ0) is 17.0. The summed E-state index contributed by atoms with van der Waals surface area (Å²) >= 11 is 1.19. The molecule has 0 unspecified atom stereocenters. The van der Waals surface area contributed by atoms with E-state index in [9.17, 15) is 13.2 Å². The lowest BCUT2D eigenvalue weighted by Gasteiger charge is -2.25. The summed E-state index contributed by atoms with van der Waals surface area (Å²) in [4.78, 5) is 12.9. The van der Waals surface area contributed by atoms with Crippen LogP contribution in [-0.4, -0.2) is 51.0 Å². The summed E-state index contributed by atoms with van der Waals surface area (Å²) in [6.45, 7) is 1.64. The Balaban J connectivity index is 1.59. The van der Waals surface area contributed by atoms with Crippen molar-refractivity contribution in [2.24, 2.45) is 0 Å². The van der Waals surface area contributed by atoms with Crippen molar-refractivity contribution < 1.29 is 17.9 Å². The lowest BCUT2D eigenvalue weighted by Crippen LogP contribution is -2.40. The van der Waals surface area contributed by atoms with Gasteiger partial charge in [-0.1, -0.05) is 19.3 Å². The third-order valence-electron chi connectivity index (χ3n) is 4.51. The first-order chi connectivity index (χ1) is 11.6. The molecule has 0 atom stereocenters. The van der Waals surface area contributed by atoms with Crippen LogP contribution in [-0.2, 0) is 26.0 Å². The molecule has 1 N–H and O–H groups in total. The van der Waals surface area contributed by atoms with Gasteiger partial charge in [-0.05, 0) is 25.0 Å². The van der Waals surface area contributed by atoms with Crippen LogP contribution in [0.4, 0.5) is 0 Å². The van der Waals surface area contributed by atoms with Gasteiger partial charge in [-0.2, -0.15) is 4.31 Å². The molecule has 0 radical (unpaired) electrons. The molecule has 0 spiro atoms. The Morgan fingerprint density at radius 3 is 2.62 bits per heavy atom. The van der Waals surface area contributed by atoms with Gasteiger partial charge < -0.3 is 10.1 Å². The fourth-order valence-corrected chi connectivity index (χ4v) is 6.11. The van der Waals surface area contributed by atoms with Crippen LogP contribution in [0.1, 0.15) is 37.0 Å². The van der Waals surface area contributed by atoms with E-state index in [2.05, 4.69) is 5.32 Å². The van der Waals surface area contributed by atoms with Crippen LogP contribution >= 0.6 is 11.3 Å². The normalized spacial score (nSPS) is 20.8. The van der Waals surface area contributed by atoms with Crippen molar-refractivity contribution in [3.8, 4) is 0 Å². The molecule has 1 aliphatic carbocycles. The van der Waals surface area contributed by atoms with Crippen molar-refractivity contribution in [1.29, 1.82) is 0 Å². The maximum Gasteiger partial charge on any atom is 0.252 e. The Kier molecular flexibility index (Phi) is 5.91. The number of thiophene rings is 1. The molecule has 2 aliphatic rings. The van der Waals surface area contributed by atoms with Crippen LogP contribution in [0.5, 0.6) is 0 Å². The van der Waals surface area contributed by atoms with E-state index in [0.29, 0.717) is 30.5 Å². The highest BCUT2D eigenvalue weighted by Gasteiger charge is 2.28. The molecular formula is C16H24N2O4S2. The molecule has 134 valence electrons. The van der Waals surface area contributed by atoms with E-state index >= 15 is 0 Å². The second-order valence-electron chi connectivity index (χ2n) is 6.32. The number of hydrogen-bond donors (Lipinski definition) is 1. The monoisotopic (exact) mass is 372 g/mol. The molecule has 2 heterocycles. The van der Waals surface area contributed by atoms with Crippen molar-refractivity contribution in [2.75, 3.05) is 26.3 Å². The molecule has 1 saturated carbocycles. The van der Waals surface area contributed by atoms with Gasteiger partial charge >= 0.3 is 0 Å². The number of rotatable bonds is 5. The van der Waals surface area contributed by atoms with Gasteiger partial charge in [-0.3, -0.25) is 4.79 Å². The molecule has 1 aromatic rings. The number of hydrogen-bond acceptors (Lipinski definition) is 5. The van der Waals surface area contributed by atoms with Crippen molar-refractivity contribution >= 4 is 27.3 Å². The van der Waals surface area contributed by atoms with Gasteiger partial charge in [0.2, 0.25) is 5.91 Å². The zero-order valence-electron chi connectivity index (χ0n) is 13.7. The summed E-state index contributed by atoms with van der Waals surface area (Å²) in [6.07, 6.45) is 5.94. The van der Waals surface area contributed by atoms with Crippen LogP contribution in [0, 0.1) is 0 Å². The number of amides is 1. The first-order valence-electron chi connectivity index (χ1n) is 8.52. The van der Waals surface area contributed by atoms with Gasteiger partial charge in [0.25, 0.3) is 10.0 Å². The second kappa shape index (κ2) is 7.95. The highest BCUT2D eigenvalue weighted by Crippen LogP contribution is 2.26. The number of nitrogens with zero attached hydrogens (tertiary/aromatic N) is 1. The third-order valence-corrected chi connectivity index (χ3v) is 7.96. The first-order valence-corrected chi connectivity index (χ1v) is 10.8. The maximum atomic E-state index is 12.6. The summed E-state index contributed by atoms with van der Waals surface area (Å²) in [7, 11) is -3.46. The topological polar surface area (TPSA) is 75.7 Å².